The summed E-state index contributed by atoms with van der Waals surface area (Å²) in [6.45, 7) is 0. The van der Waals surface area contributed by atoms with E-state index in [1.807, 2.05) is 36.4 Å². The highest BCUT2D eigenvalue weighted by molar-refractivity contribution is 6.04. The van der Waals surface area contributed by atoms with Crippen LogP contribution in [0.25, 0.3) is 21.7 Å². The van der Waals surface area contributed by atoms with E-state index in [2.05, 4.69) is 4.98 Å². The molecule has 0 spiro atoms. The third kappa shape index (κ3) is 1.26. The third-order valence-corrected chi connectivity index (χ3v) is 2.55. The second-order valence-corrected chi connectivity index (χ2v) is 3.49. The number of benzene rings is 2. The number of pyridine rings is 1. The first kappa shape index (κ1) is 8.36. The van der Waals surface area contributed by atoms with Gasteiger partial charge in [-0.15, -0.1) is 0 Å². The summed E-state index contributed by atoms with van der Waals surface area (Å²) in [5.41, 5.74) is 0.730. The molecule has 0 fully saturated rings. The zero-order valence-corrected chi connectivity index (χ0v) is 7.94. The Morgan fingerprint density at radius 2 is 1.53 bits per heavy atom. The Hall–Kier alpha value is -1.96. The molecule has 0 amide bonds. The zero-order chi connectivity index (χ0) is 10.3. The monoisotopic (exact) mass is 197 g/mol. The summed E-state index contributed by atoms with van der Waals surface area (Å²) in [4.78, 5) is 3.94. The molecule has 1 nitrogen and oxygen atoms in total. The summed E-state index contributed by atoms with van der Waals surface area (Å²) in [5, 5.41) is 3.05. The predicted octanol–water partition coefficient (Wildman–Crippen LogP) is 3.53. The van der Waals surface area contributed by atoms with Crippen LogP contribution in [0.1, 0.15) is 0 Å². The number of hydrogen-bond donors (Lipinski definition) is 0. The van der Waals surface area contributed by atoms with E-state index in [1.165, 1.54) is 6.07 Å². The van der Waals surface area contributed by atoms with E-state index in [0.29, 0.717) is 0 Å². The van der Waals surface area contributed by atoms with Gasteiger partial charge in [-0.05, 0) is 17.5 Å². The first-order chi connectivity index (χ1) is 7.34. The Balaban J connectivity index is 2.57. The van der Waals surface area contributed by atoms with Gasteiger partial charge in [0.15, 0.2) is 0 Å². The third-order valence-electron chi connectivity index (χ3n) is 2.55. The quantitative estimate of drug-likeness (QED) is 0.397. The van der Waals surface area contributed by atoms with Crippen molar-refractivity contribution >= 4 is 21.7 Å². The molecule has 0 atom stereocenters. The summed E-state index contributed by atoms with van der Waals surface area (Å²) in [5.74, 6) is -0.432. The van der Waals surface area contributed by atoms with Crippen LogP contribution in [0.2, 0.25) is 0 Å². The minimum absolute atomic E-state index is 0.432. The smallest absolute Gasteiger partial charge is 0.213 e. The largest absolute Gasteiger partial charge is 0.219 e. The van der Waals surface area contributed by atoms with E-state index in [0.717, 1.165) is 21.7 Å². The van der Waals surface area contributed by atoms with Gasteiger partial charge in [0.1, 0.15) is 0 Å². The SMILES string of the molecule is Fc1ccc2ccc3ccccc3c2n1. The van der Waals surface area contributed by atoms with Gasteiger partial charge in [-0.3, -0.25) is 0 Å². The van der Waals surface area contributed by atoms with Crippen molar-refractivity contribution in [2.24, 2.45) is 0 Å². The molecule has 0 radical (unpaired) electrons. The number of hydrogen-bond acceptors (Lipinski definition) is 1. The maximum atomic E-state index is 13.1. The highest BCUT2D eigenvalue weighted by atomic mass is 19.1. The molecule has 1 aromatic heterocycles. The molecule has 0 aliphatic heterocycles. The fourth-order valence-corrected chi connectivity index (χ4v) is 1.83. The van der Waals surface area contributed by atoms with Crippen molar-refractivity contribution in [3.05, 3.63) is 54.5 Å². The topological polar surface area (TPSA) is 12.9 Å². The van der Waals surface area contributed by atoms with E-state index in [4.69, 9.17) is 0 Å². The predicted molar refractivity (Wildman–Crippen MR) is 59.2 cm³/mol. The lowest BCUT2D eigenvalue weighted by Gasteiger charge is -2.02. The molecule has 15 heavy (non-hydrogen) atoms. The molecule has 0 N–H and O–H groups in total. The molecule has 0 unspecified atom stereocenters. The first-order valence-electron chi connectivity index (χ1n) is 4.78. The van der Waals surface area contributed by atoms with Crippen LogP contribution in [0.15, 0.2) is 48.5 Å². The molecule has 72 valence electrons. The molecule has 2 aromatic carbocycles. The fourth-order valence-electron chi connectivity index (χ4n) is 1.83. The van der Waals surface area contributed by atoms with Gasteiger partial charge in [-0.25, -0.2) is 4.98 Å². The van der Waals surface area contributed by atoms with Crippen LogP contribution in [0.3, 0.4) is 0 Å². The molecule has 0 saturated heterocycles. The maximum Gasteiger partial charge on any atom is 0.213 e. The van der Waals surface area contributed by atoms with Crippen molar-refractivity contribution in [2.45, 2.75) is 0 Å². The average Bonchev–Trinajstić information content (AvgIpc) is 2.29. The van der Waals surface area contributed by atoms with Gasteiger partial charge in [-0.1, -0.05) is 36.4 Å². The minimum Gasteiger partial charge on any atom is -0.219 e. The summed E-state index contributed by atoms with van der Waals surface area (Å²) in [6, 6.07) is 15.0. The Bertz CT molecular complexity index is 646. The second kappa shape index (κ2) is 3.02. The zero-order valence-electron chi connectivity index (χ0n) is 7.94. The highest BCUT2D eigenvalue weighted by Crippen LogP contribution is 2.23. The van der Waals surface area contributed by atoms with Crippen molar-refractivity contribution in [3.63, 3.8) is 0 Å². The van der Waals surface area contributed by atoms with Gasteiger partial charge < -0.3 is 0 Å². The fraction of sp³-hybridized carbons (Fsp3) is 0. The molecular formula is C13H8FN. The maximum absolute atomic E-state index is 13.1. The van der Waals surface area contributed by atoms with E-state index >= 15 is 0 Å². The van der Waals surface area contributed by atoms with E-state index in [1.54, 1.807) is 6.07 Å². The minimum atomic E-state index is -0.432. The first-order valence-corrected chi connectivity index (χ1v) is 4.78. The number of halogens is 1. The Labute approximate surface area is 86.2 Å². The molecular weight excluding hydrogens is 189 g/mol. The van der Waals surface area contributed by atoms with E-state index in [9.17, 15) is 4.39 Å². The Morgan fingerprint density at radius 1 is 0.800 bits per heavy atom. The van der Waals surface area contributed by atoms with Crippen LogP contribution < -0.4 is 0 Å². The molecule has 2 heteroatoms. The van der Waals surface area contributed by atoms with Crippen LogP contribution in [-0.2, 0) is 0 Å². The average molecular weight is 197 g/mol. The summed E-state index contributed by atoms with van der Waals surface area (Å²) in [6.07, 6.45) is 0. The van der Waals surface area contributed by atoms with Crippen LogP contribution >= 0.6 is 0 Å². The van der Waals surface area contributed by atoms with Crippen LogP contribution in [0, 0.1) is 5.95 Å². The lowest BCUT2D eigenvalue weighted by molar-refractivity contribution is 0.589. The second-order valence-electron chi connectivity index (χ2n) is 3.49. The number of fused-ring (bicyclic) bond motifs is 3. The van der Waals surface area contributed by atoms with Crippen molar-refractivity contribution in [1.82, 2.24) is 4.98 Å². The van der Waals surface area contributed by atoms with Gasteiger partial charge in [0.05, 0.1) is 5.52 Å². The normalized spacial score (nSPS) is 11.0. The lowest BCUT2D eigenvalue weighted by atomic mass is 10.1. The van der Waals surface area contributed by atoms with Gasteiger partial charge in [0.2, 0.25) is 5.95 Å². The van der Waals surface area contributed by atoms with Crippen molar-refractivity contribution in [3.8, 4) is 0 Å². The van der Waals surface area contributed by atoms with Crippen molar-refractivity contribution < 1.29 is 4.39 Å². The number of nitrogens with zero attached hydrogens (tertiary/aromatic N) is 1. The van der Waals surface area contributed by atoms with E-state index < -0.39 is 5.95 Å². The summed E-state index contributed by atoms with van der Waals surface area (Å²) in [7, 11) is 0. The van der Waals surface area contributed by atoms with Gasteiger partial charge >= 0.3 is 0 Å². The molecule has 0 aliphatic rings. The van der Waals surface area contributed by atoms with Gasteiger partial charge in [-0.2, -0.15) is 4.39 Å². The molecule has 0 saturated carbocycles. The van der Waals surface area contributed by atoms with E-state index in [-0.39, 0.29) is 0 Å². The van der Waals surface area contributed by atoms with Crippen LogP contribution in [0.5, 0.6) is 0 Å². The molecule has 0 aliphatic carbocycles. The van der Waals surface area contributed by atoms with Crippen molar-refractivity contribution in [2.75, 3.05) is 0 Å². The molecule has 3 rings (SSSR count). The van der Waals surface area contributed by atoms with Gasteiger partial charge in [0.25, 0.3) is 0 Å². The number of rotatable bonds is 0. The Morgan fingerprint density at radius 3 is 2.47 bits per heavy atom. The molecule has 3 aromatic rings. The Kier molecular flexibility index (Phi) is 1.68. The lowest BCUT2D eigenvalue weighted by Crippen LogP contribution is -1.85. The summed E-state index contributed by atoms with van der Waals surface area (Å²) < 4.78 is 13.1. The van der Waals surface area contributed by atoms with Gasteiger partial charge in [0, 0.05) is 10.8 Å². The molecule has 0 bridgehead atoms. The summed E-state index contributed by atoms with van der Waals surface area (Å²) >= 11 is 0. The standard InChI is InChI=1S/C13H8FN/c14-12-8-7-10-6-5-9-3-1-2-4-11(9)13(10)15-12/h1-8H. The number of aromatic nitrogens is 1. The highest BCUT2D eigenvalue weighted by Gasteiger charge is 2.01. The van der Waals surface area contributed by atoms with Crippen LogP contribution in [-0.4, -0.2) is 4.98 Å². The van der Waals surface area contributed by atoms with Crippen molar-refractivity contribution in [1.29, 1.82) is 0 Å². The van der Waals surface area contributed by atoms with Crippen LogP contribution in [0.4, 0.5) is 4.39 Å². The molecule has 1 heterocycles.